The number of carbonyl (C=O) groups is 2. The summed E-state index contributed by atoms with van der Waals surface area (Å²) in [6, 6.07) is 5.89. The van der Waals surface area contributed by atoms with Crippen molar-refractivity contribution in [2.75, 3.05) is 20.3 Å². The third-order valence-electron chi connectivity index (χ3n) is 3.52. The maximum absolute atomic E-state index is 12.3. The minimum atomic E-state index is -1.08. The van der Waals surface area contributed by atoms with Crippen LogP contribution in [0.1, 0.15) is 29.6 Å². The molecule has 1 saturated carbocycles. The van der Waals surface area contributed by atoms with Gasteiger partial charge in [0.1, 0.15) is 11.8 Å². The highest BCUT2D eigenvalue weighted by Crippen LogP contribution is 2.30. The predicted molar refractivity (Wildman–Crippen MR) is 80.0 cm³/mol. The van der Waals surface area contributed by atoms with Crippen LogP contribution in [0.3, 0.4) is 0 Å². The highest BCUT2D eigenvalue weighted by atomic mass is 16.5. The van der Waals surface area contributed by atoms with E-state index < -0.39 is 17.9 Å². The van der Waals surface area contributed by atoms with E-state index in [2.05, 4.69) is 5.32 Å². The Morgan fingerprint density at radius 3 is 2.73 bits per heavy atom. The van der Waals surface area contributed by atoms with Gasteiger partial charge in [-0.25, -0.2) is 4.79 Å². The molecule has 0 bridgehead atoms. The van der Waals surface area contributed by atoms with Crippen molar-refractivity contribution in [2.24, 2.45) is 5.92 Å². The van der Waals surface area contributed by atoms with Crippen LogP contribution in [0.25, 0.3) is 0 Å². The zero-order valence-corrected chi connectivity index (χ0v) is 12.6. The standard InChI is InChI=1S/C16H21NO5/c1-21-9-8-13(16(19)20)17-15(18)12-4-2-3-5-14(12)22-10-11-6-7-11/h2-5,11,13H,6-10H2,1H3,(H,17,18)(H,19,20). The molecule has 0 heterocycles. The summed E-state index contributed by atoms with van der Waals surface area (Å²) < 4.78 is 10.5. The number of hydrogen-bond acceptors (Lipinski definition) is 4. The lowest BCUT2D eigenvalue weighted by atomic mass is 10.1. The molecule has 1 unspecified atom stereocenters. The fourth-order valence-corrected chi connectivity index (χ4v) is 2.00. The number of ether oxygens (including phenoxy) is 2. The molecule has 6 heteroatoms. The maximum Gasteiger partial charge on any atom is 0.326 e. The summed E-state index contributed by atoms with van der Waals surface area (Å²) >= 11 is 0. The molecule has 1 aliphatic rings. The second-order valence-corrected chi connectivity index (χ2v) is 5.40. The fourth-order valence-electron chi connectivity index (χ4n) is 2.00. The Morgan fingerprint density at radius 1 is 1.36 bits per heavy atom. The summed E-state index contributed by atoms with van der Waals surface area (Å²) in [7, 11) is 1.49. The number of carbonyl (C=O) groups excluding carboxylic acids is 1. The van der Waals surface area contributed by atoms with Gasteiger partial charge in [-0.05, 0) is 30.9 Å². The Hall–Kier alpha value is -2.08. The number of para-hydroxylation sites is 1. The number of rotatable bonds is 9. The van der Waals surface area contributed by atoms with E-state index >= 15 is 0 Å². The number of hydrogen-bond donors (Lipinski definition) is 2. The molecule has 6 nitrogen and oxygen atoms in total. The van der Waals surface area contributed by atoms with Gasteiger partial charge in [0.2, 0.25) is 0 Å². The van der Waals surface area contributed by atoms with Gasteiger partial charge < -0.3 is 19.9 Å². The minimum absolute atomic E-state index is 0.211. The minimum Gasteiger partial charge on any atom is -0.492 e. The van der Waals surface area contributed by atoms with Crippen LogP contribution in [-0.4, -0.2) is 43.3 Å². The summed E-state index contributed by atoms with van der Waals surface area (Å²) in [6.07, 6.45) is 2.53. The van der Waals surface area contributed by atoms with Gasteiger partial charge in [-0.15, -0.1) is 0 Å². The largest absolute Gasteiger partial charge is 0.492 e. The van der Waals surface area contributed by atoms with E-state index in [1.807, 2.05) is 0 Å². The first-order valence-corrected chi connectivity index (χ1v) is 7.36. The number of amides is 1. The van der Waals surface area contributed by atoms with Gasteiger partial charge in [0.05, 0.1) is 12.2 Å². The molecule has 1 aromatic carbocycles. The van der Waals surface area contributed by atoms with Crippen molar-refractivity contribution in [3.05, 3.63) is 29.8 Å². The first-order chi connectivity index (χ1) is 10.6. The van der Waals surface area contributed by atoms with Crippen LogP contribution in [0.4, 0.5) is 0 Å². The molecule has 120 valence electrons. The quantitative estimate of drug-likeness (QED) is 0.725. The first kappa shape index (κ1) is 16.3. The predicted octanol–water partition coefficient (Wildman–Crippen LogP) is 1.69. The Balaban J connectivity index is 2.01. The van der Waals surface area contributed by atoms with Crippen LogP contribution in [0, 0.1) is 5.92 Å². The van der Waals surface area contributed by atoms with Crippen LogP contribution >= 0.6 is 0 Å². The van der Waals surface area contributed by atoms with Crippen LogP contribution in [0.15, 0.2) is 24.3 Å². The molecule has 0 saturated heterocycles. The second-order valence-electron chi connectivity index (χ2n) is 5.40. The summed E-state index contributed by atoms with van der Waals surface area (Å²) in [4.78, 5) is 23.5. The molecule has 0 spiro atoms. The normalized spacial score (nSPS) is 15.1. The Labute approximate surface area is 129 Å². The molecule has 1 atom stereocenters. The SMILES string of the molecule is COCCC(NC(=O)c1ccccc1OCC1CC1)C(=O)O. The molecule has 1 amide bonds. The highest BCUT2D eigenvalue weighted by Gasteiger charge is 2.24. The summed E-state index contributed by atoms with van der Waals surface area (Å²) in [5.41, 5.74) is 0.354. The topological polar surface area (TPSA) is 84.9 Å². The van der Waals surface area contributed by atoms with Gasteiger partial charge in [0.15, 0.2) is 0 Å². The fraction of sp³-hybridized carbons (Fsp3) is 0.500. The van der Waals surface area contributed by atoms with E-state index in [-0.39, 0.29) is 13.0 Å². The third kappa shape index (κ3) is 4.73. The Bertz CT molecular complexity index is 527. The van der Waals surface area contributed by atoms with Crippen molar-refractivity contribution in [2.45, 2.75) is 25.3 Å². The lowest BCUT2D eigenvalue weighted by molar-refractivity contribution is -0.139. The summed E-state index contributed by atoms with van der Waals surface area (Å²) in [5, 5.41) is 11.7. The van der Waals surface area contributed by atoms with E-state index in [9.17, 15) is 9.59 Å². The number of aliphatic carboxylic acids is 1. The monoisotopic (exact) mass is 307 g/mol. The molecule has 0 aliphatic heterocycles. The molecular weight excluding hydrogens is 286 g/mol. The van der Waals surface area contributed by atoms with Gasteiger partial charge in [0, 0.05) is 20.1 Å². The lowest BCUT2D eigenvalue weighted by Gasteiger charge is -2.16. The van der Waals surface area contributed by atoms with Crippen molar-refractivity contribution < 1.29 is 24.2 Å². The van der Waals surface area contributed by atoms with E-state index in [0.29, 0.717) is 23.8 Å². The zero-order valence-electron chi connectivity index (χ0n) is 12.6. The van der Waals surface area contributed by atoms with Gasteiger partial charge in [-0.3, -0.25) is 4.79 Å². The molecule has 22 heavy (non-hydrogen) atoms. The van der Waals surface area contributed by atoms with E-state index in [1.165, 1.54) is 7.11 Å². The van der Waals surface area contributed by atoms with Crippen LogP contribution < -0.4 is 10.1 Å². The maximum atomic E-state index is 12.3. The molecule has 2 N–H and O–H groups in total. The van der Waals surface area contributed by atoms with E-state index in [0.717, 1.165) is 12.8 Å². The number of carboxylic acid groups (broad SMARTS) is 1. The Kier molecular flexibility index (Phi) is 5.77. The molecule has 2 rings (SSSR count). The third-order valence-corrected chi connectivity index (χ3v) is 3.52. The van der Waals surface area contributed by atoms with Gasteiger partial charge in [-0.2, -0.15) is 0 Å². The number of benzene rings is 1. The van der Waals surface area contributed by atoms with E-state index in [1.54, 1.807) is 24.3 Å². The van der Waals surface area contributed by atoms with E-state index in [4.69, 9.17) is 14.6 Å². The number of carboxylic acids is 1. The zero-order chi connectivity index (χ0) is 15.9. The van der Waals surface area contributed by atoms with Crippen LogP contribution in [0.5, 0.6) is 5.75 Å². The second kappa shape index (κ2) is 7.79. The average molecular weight is 307 g/mol. The molecule has 1 aliphatic carbocycles. The van der Waals surface area contributed by atoms with Gasteiger partial charge in [-0.1, -0.05) is 12.1 Å². The smallest absolute Gasteiger partial charge is 0.326 e. The number of nitrogens with one attached hydrogen (secondary N) is 1. The van der Waals surface area contributed by atoms with Gasteiger partial charge in [0.25, 0.3) is 5.91 Å². The van der Waals surface area contributed by atoms with Crippen LogP contribution in [-0.2, 0) is 9.53 Å². The highest BCUT2D eigenvalue weighted by molar-refractivity contribution is 5.98. The number of methoxy groups -OCH3 is 1. The Morgan fingerprint density at radius 2 is 2.09 bits per heavy atom. The van der Waals surface area contributed by atoms with Crippen molar-refractivity contribution in [1.82, 2.24) is 5.32 Å². The molecular formula is C16H21NO5. The van der Waals surface area contributed by atoms with Crippen molar-refractivity contribution in [3.63, 3.8) is 0 Å². The molecule has 1 fully saturated rings. The van der Waals surface area contributed by atoms with Crippen molar-refractivity contribution >= 4 is 11.9 Å². The summed E-state index contributed by atoms with van der Waals surface area (Å²) in [5.74, 6) is -0.468. The van der Waals surface area contributed by atoms with Crippen molar-refractivity contribution in [1.29, 1.82) is 0 Å². The lowest BCUT2D eigenvalue weighted by Crippen LogP contribution is -2.41. The first-order valence-electron chi connectivity index (χ1n) is 7.36. The molecule has 0 aromatic heterocycles. The summed E-state index contributed by atoms with van der Waals surface area (Å²) in [6.45, 7) is 0.855. The molecule has 0 radical (unpaired) electrons. The van der Waals surface area contributed by atoms with Crippen molar-refractivity contribution in [3.8, 4) is 5.75 Å². The van der Waals surface area contributed by atoms with Crippen LogP contribution in [0.2, 0.25) is 0 Å². The van der Waals surface area contributed by atoms with Gasteiger partial charge >= 0.3 is 5.97 Å². The average Bonchev–Trinajstić information content (AvgIpc) is 3.33. The molecule has 1 aromatic rings.